The van der Waals surface area contributed by atoms with Gasteiger partial charge >= 0.3 is 0 Å². The quantitative estimate of drug-likeness (QED) is 0.0119. The van der Waals surface area contributed by atoms with E-state index >= 15 is 0 Å². The van der Waals surface area contributed by atoms with Crippen LogP contribution in [-0.2, 0) is 73.2 Å². The molecule has 0 bridgehead atoms. The van der Waals surface area contributed by atoms with Gasteiger partial charge in [-0.3, -0.25) is 19.9 Å². The zero-order chi connectivity index (χ0) is 98.1. The van der Waals surface area contributed by atoms with Crippen molar-refractivity contribution in [1.29, 1.82) is 0 Å². The van der Waals surface area contributed by atoms with Crippen LogP contribution in [0.4, 0.5) is 4.39 Å². The van der Waals surface area contributed by atoms with Crippen molar-refractivity contribution < 1.29 is 77.1 Å². The van der Waals surface area contributed by atoms with Crippen LogP contribution in [0.1, 0.15) is 170 Å². The number of ether oxygens (including phenoxy) is 1. The first kappa shape index (κ1) is 118. The number of carbonyl (C=O) groups is 1. The molecular weight excluding hydrogens is 2030 g/mol. The Kier molecular flexibility index (Phi) is 60.9. The van der Waals surface area contributed by atoms with E-state index < -0.39 is 0 Å². The van der Waals surface area contributed by atoms with Gasteiger partial charge in [-0.2, -0.15) is 8.67 Å². The van der Waals surface area contributed by atoms with Crippen molar-refractivity contribution in [2.75, 3.05) is 49.0 Å². The van der Waals surface area contributed by atoms with E-state index in [2.05, 4.69) is 395 Å². The van der Waals surface area contributed by atoms with Crippen molar-refractivity contribution in [3.63, 3.8) is 0 Å². The monoisotopic (exact) mass is 2160 g/mol. The van der Waals surface area contributed by atoms with Gasteiger partial charge in [-0.25, -0.2) is 4.39 Å². The van der Waals surface area contributed by atoms with Gasteiger partial charge < -0.3 is 60.7 Å². The Morgan fingerprint density at radius 1 is 0.373 bits per heavy atom. The summed E-state index contributed by atoms with van der Waals surface area (Å²) >= 11 is 1.93. The number of Topliss-reactive ketones (excluding diaryl/α,β-unsaturated/α-hetero) is 1. The SMILES string of the molecule is CC1CCCCC1.CC1CCCCC1.COc1ccc(C2=NC=CC2)c(F)c1.NCCCSOO[O-].NCCCSOO[O-].O=C(C[S+]1CCCC1)c1ccccc1.[Br-].[Br-].c1ccc([S+](c2ccccc2)c2ccc(C3CCCCC3)cc2)cc1.c1ccc([S+](c2ccccc2)c2ccccc2)cc1.c1ccc([S+](c2ccccc2)c2ccccc2)cc1.c1ccc([S+](c2ccccc2)c2ccccc2)cc1. The summed E-state index contributed by atoms with van der Waals surface area (Å²) in [6.07, 6.45) is 30.4. The average molecular weight is 2170 g/mol. The second-order valence-corrected chi connectivity index (χ2v) is 45.9. The molecule has 0 amide bonds. The van der Waals surface area contributed by atoms with Gasteiger partial charge in [0.1, 0.15) is 23.1 Å². The number of ketones is 1. The predicted molar refractivity (Wildman–Crippen MR) is 588 cm³/mol. The van der Waals surface area contributed by atoms with Gasteiger partial charge in [-0.15, -0.1) is 0 Å². The van der Waals surface area contributed by atoms with Gasteiger partial charge in [0.15, 0.2) is 64.5 Å². The molecule has 5 aliphatic rings. The molecule has 2 heterocycles. The van der Waals surface area contributed by atoms with Gasteiger partial charge in [0.25, 0.3) is 0 Å². The number of hydrogen-bond acceptors (Lipinski definition) is 13. The number of benzene rings is 14. The summed E-state index contributed by atoms with van der Waals surface area (Å²) < 4.78 is 26.3. The molecule has 1 saturated heterocycles. The lowest BCUT2D eigenvalue weighted by atomic mass is 9.84. The second kappa shape index (κ2) is 73.1. The molecule has 0 radical (unpaired) electrons. The minimum Gasteiger partial charge on any atom is -1.00 e. The molecule has 11 nitrogen and oxygen atoms in total. The minimum atomic E-state index is -0.285. The number of carbonyl (C=O) groups excluding carboxylic acids is 1. The summed E-state index contributed by atoms with van der Waals surface area (Å²) in [6, 6.07) is 142. The number of rotatable bonds is 28. The predicted octanol–water partition coefficient (Wildman–Crippen LogP) is 23.6. The van der Waals surface area contributed by atoms with Crippen molar-refractivity contribution in [3.05, 3.63) is 441 Å². The minimum absolute atomic E-state index is 0. The fourth-order valence-electron chi connectivity index (χ4n) is 16.2. The smallest absolute Gasteiger partial charge is 0.211 e. The molecule has 4 fully saturated rings. The van der Waals surface area contributed by atoms with E-state index in [1.165, 1.54) is 198 Å². The zero-order valence-corrected chi connectivity index (χ0v) is 90.9. The Morgan fingerprint density at radius 2 is 0.648 bits per heavy atom. The molecule has 14 aromatic carbocycles. The van der Waals surface area contributed by atoms with Gasteiger partial charge in [0, 0.05) is 65.4 Å². The maximum Gasteiger partial charge on any atom is 0.211 e. The molecule has 0 aromatic heterocycles. The highest BCUT2D eigenvalue weighted by atomic mass is 79.9. The third-order valence-corrected chi connectivity index (χ3v) is 36.0. The molecule has 142 heavy (non-hydrogen) atoms. The zero-order valence-electron chi connectivity index (χ0n) is 82.0. The largest absolute Gasteiger partial charge is 1.00 e. The van der Waals surface area contributed by atoms with Crippen LogP contribution in [0.3, 0.4) is 0 Å². The Hall–Kier alpha value is -9.02. The van der Waals surface area contributed by atoms with Crippen molar-refractivity contribution in [3.8, 4) is 5.75 Å². The fourth-order valence-corrected chi connectivity index (χ4v) is 27.7. The summed E-state index contributed by atoms with van der Waals surface area (Å²) in [6.45, 7) is 5.93. The molecule has 14 aromatic rings. The third kappa shape index (κ3) is 44.1. The Bertz CT molecular complexity index is 4940. The first-order valence-corrected chi connectivity index (χ1v) is 57.5. The molecule has 3 aliphatic carbocycles. The maximum atomic E-state index is 13.5. The van der Waals surface area contributed by atoms with E-state index in [0.717, 1.165) is 71.7 Å². The molecule has 3 saturated carbocycles. The molecule has 748 valence electrons. The first-order chi connectivity index (χ1) is 69.0. The maximum absolute atomic E-state index is 13.5. The number of nitrogens with two attached hydrogens (primary N) is 2. The standard InChI is InChI=1S/C24H25S.3C18H15S.C12H15OS.C11H10FNO.2C7H14.2C3H9NO3S.2BrH/c1-4-10-20(11-5-1)21-16-18-24(19-17-21)25(22-12-6-2-7-13-22)23-14-8-3-9-15-23;3*1-4-10-16(11-5-1)19(17-12-6-2-7-13-17)18-14-8-3-9-15-18;13-12(10-14-8-4-5-9-14)11-6-2-1-3-7-11;1-14-8-4-5-9(10(12)7-8)11-3-2-6-13-11;2*1-7-5-3-2-4-6-7;2*4-2-1-3-8-7-6-5;;/h2-3,6-9,12-20H,1,4-5,10-11H2;3*1-15H;1-3,6-7H,4-5,8-10H2;2,4-7H,3H2,1H3;2*7H,2-6H2,1H3;2*5H,1-4H2;2*1H/q5*+1;;;;;;;/p-4. The van der Waals surface area contributed by atoms with Crippen molar-refractivity contribution in [2.45, 2.75) is 207 Å². The highest BCUT2D eigenvalue weighted by molar-refractivity contribution is 7.98. The molecule has 2 aliphatic heterocycles. The molecule has 21 heteroatoms. The van der Waals surface area contributed by atoms with Crippen LogP contribution in [0.15, 0.2) is 482 Å². The summed E-state index contributed by atoms with van der Waals surface area (Å²) in [7, 11) is 1.84. The van der Waals surface area contributed by atoms with E-state index in [4.69, 9.17) is 26.7 Å². The highest BCUT2D eigenvalue weighted by Gasteiger charge is 2.33. The molecule has 0 spiro atoms. The van der Waals surface area contributed by atoms with E-state index in [1.54, 1.807) is 18.3 Å². The first-order valence-electron chi connectivity index (χ1n) is 49.0. The fraction of sp³-hybridized carbons (Fsp3) is 0.273. The molecule has 0 unspecified atom stereocenters. The third-order valence-electron chi connectivity index (χ3n) is 23.4. The van der Waals surface area contributed by atoms with Crippen molar-refractivity contribution in [1.82, 2.24) is 0 Å². The lowest BCUT2D eigenvalue weighted by Gasteiger charge is -2.22. The molecule has 0 atom stereocenters. The number of halogens is 3. The lowest BCUT2D eigenvalue weighted by molar-refractivity contribution is -0.777. The number of hydrogen-bond donors (Lipinski definition) is 2. The highest BCUT2D eigenvalue weighted by Crippen LogP contribution is 2.39. The number of aliphatic imine (C=N–C) groups is 1. The normalized spacial score (nSPS) is 13.6. The summed E-state index contributed by atoms with van der Waals surface area (Å²) in [4.78, 5) is 32.3. The Morgan fingerprint density at radius 3 is 0.887 bits per heavy atom. The van der Waals surface area contributed by atoms with Crippen LogP contribution in [-0.4, -0.2) is 60.5 Å². The van der Waals surface area contributed by atoms with Crippen LogP contribution < -0.4 is 60.7 Å². The van der Waals surface area contributed by atoms with Crippen LogP contribution in [0.5, 0.6) is 5.75 Å². The van der Waals surface area contributed by atoms with E-state index in [1.807, 2.05) is 36.4 Å². The lowest BCUT2D eigenvalue weighted by Crippen LogP contribution is -3.00. The molecule has 19 rings (SSSR count). The van der Waals surface area contributed by atoms with Crippen LogP contribution in [0, 0.1) is 17.7 Å². The van der Waals surface area contributed by atoms with Crippen LogP contribution >= 0.6 is 24.1 Å². The average Bonchev–Trinajstić information content (AvgIpc) is 1.11. The van der Waals surface area contributed by atoms with Gasteiger partial charge in [0.05, 0.1) is 56.4 Å². The molecular formula is C121H139Br2FN3O8S7+. The van der Waals surface area contributed by atoms with Gasteiger partial charge in [0.2, 0.25) is 5.78 Å². The number of methoxy groups -OCH3 is 1. The second-order valence-electron chi connectivity index (χ2n) is 33.9. The van der Waals surface area contributed by atoms with Gasteiger partial charge in [-0.1, -0.05) is 346 Å². The summed E-state index contributed by atoms with van der Waals surface area (Å²) in [5, 5.41) is 24.4. The Balaban J connectivity index is 0.000000198. The summed E-state index contributed by atoms with van der Waals surface area (Å²) in [5.74, 6) is 8.14. The van der Waals surface area contributed by atoms with Crippen molar-refractivity contribution in [2.24, 2.45) is 28.3 Å². The van der Waals surface area contributed by atoms with Crippen LogP contribution in [0.2, 0.25) is 0 Å². The van der Waals surface area contributed by atoms with E-state index in [0.29, 0.717) is 59.0 Å². The van der Waals surface area contributed by atoms with E-state index in [-0.39, 0.29) is 83.4 Å². The van der Waals surface area contributed by atoms with Gasteiger partial charge in [-0.05, 0) is 244 Å². The van der Waals surface area contributed by atoms with Crippen LogP contribution in [0.25, 0.3) is 0 Å². The van der Waals surface area contributed by atoms with Crippen molar-refractivity contribution >= 4 is 90.1 Å². The topological polar surface area (TPSA) is 174 Å². The Labute approximate surface area is 890 Å². The molecule has 4 N–H and O–H groups in total. The summed E-state index contributed by atoms with van der Waals surface area (Å²) in [5.41, 5.74) is 14.0. The van der Waals surface area contributed by atoms with E-state index in [9.17, 15) is 9.18 Å². The number of allylic oxidation sites excluding steroid dienone is 1. The number of nitrogens with zero attached hydrogens (tertiary/aromatic N) is 1.